The van der Waals surface area contributed by atoms with Crippen LogP contribution in [0.3, 0.4) is 0 Å². The fourth-order valence-corrected chi connectivity index (χ4v) is 4.05. The molecule has 1 aliphatic rings. The molecule has 2 aromatic carbocycles. The minimum absolute atomic E-state index is 0.149. The highest BCUT2D eigenvalue weighted by molar-refractivity contribution is 6.02. The van der Waals surface area contributed by atoms with E-state index in [4.69, 9.17) is 9.47 Å². The maximum absolute atomic E-state index is 12.7. The van der Waals surface area contributed by atoms with Gasteiger partial charge in [0.25, 0.3) is 0 Å². The van der Waals surface area contributed by atoms with Crippen molar-refractivity contribution in [3.8, 4) is 11.1 Å². The Morgan fingerprint density at radius 2 is 1.68 bits per heavy atom. The molecule has 0 radical (unpaired) electrons. The van der Waals surface area contributed by atoms with E-state index in [1.54, 1.807) is 26.8 Å². The van der Waals surface area contributed by atoms with Crippen molar-refractivity contribution in [1.29, 1.82) is 0 Å². The van der Waals surface area contributed by atoms with E-state index in [0.29, 0.717) is 22.4 Å². The summed E-state index contributed by atoms with van der Waals surface area (Å²) in [6.45, 7) is 4.90. The number of fused-ring (bicyclic) bond motifs is 3. The molecule has 4 rings (SSSR count). The lowest BCUT2D eigenvalue weighted by molar-refractivity contribution is 0.0468. The largest absolute Gasteiger partial charge is 0.462 e. The number of benzene rings is 2. The molecule has 0 fully saturated rings. The summed E-state index contributed by atoms with van der Waals surface area (Å²) in [5.41, 5.74) is 6.52. The zero-order valence-electron chi connectivity index (χ0n) is 17.7. The molecule has 6 heteroatoms. The topological polar surface area (TPSA) is 85.5 Å². The molecule has 0 spiro atoms. The third kappa shape index (κ3) is 3.77. The van der Waals surface area contributed by atoms with Gasteiger partial charge in [-0.05, 0) is 61.1 Å². The van der Waals surface area contributed by atoms with Gasteiger partial charge in [0.2, 0.25) is 0 Å². The molecule has 1 heterocycles. The molecule has 6 nitrogen and oxygen atoms in total. The van der Waals surface area contributed by atoms with Crippen molar-refractivity contribution >= 4 is 17.7 Å². The summed E-state index contributed by atoms with van der Waals surface area (Å²) in [6, 6.07) is 13.7. The molecule has 1 aromatic heterocycles. The predicted octanol–water partition coefficient (Wildman–Crippen LogP) is 4.42. The van der Waals surface area contributed by atoms with Gasteiger partial charge in [-0.15, -0.1) is 0 Å². The van der Waals surface area contributed by atoms with E-state index >= 15 is 0 Å². The van der Waals surface area contributed by atoms with Crippen LogP contribution in [0.1, 0.15) is 60.5 Å². The number of carbonyl (C=O) groups excluding carboxylic acids is 3. The van der Waals surface area contributed by atoms with Gasteiger partial charge in [0.05, 0.1) is 12.2 Å². The molecule has 0 aliphatic heterocycles. The maximum Gasteiger partial charge on any atom is 0.355 e. The lowest BCUT2D eigenvalue weighted by atomic mass is 10.0. The van der Waals surface area contributed by atoms with Crippen molar-refractivity contribution in [2.75, 3.05) is 13.2 Å². The van der Waals surface area contributed by atoms with E-state index in [0.717, 1.165) is 17.5 Å². The number of ether oxygens (including phenoxy) is 2. The number of nitrogens with one attached hydrogen (secondary N) is 1. The van der Waals surface area contributed by atoms with Crippen LogP contribution in [0.25, 0.3) is 11.1 Å². The standard InChI is InChI=1S/C25H23NO5/c1-4-30-24(28)22-14(2)23(26-15(22)3)25(29)31-13-21(27)18-10-9-17-11-16-7-5-6-8-19(16)20(17)12-18/h5-10,12,26H,4,11,13H2,1-3H3. The third-order valence-corrected chi connectivity index (χ3v) is 5.58. The summed E-state index contributed by atoms with van der Waals surface area (Å²) < 4.78 is 10.3. The Morgan fingerprint density at radius 3 is 2.45 bits per heavy atom. The quantitative estimate of drug-likeness (QED) is 0.371. The van der Waals surface area contributed by atoms with Crippen LogP contribution in [0.15, 0.2) is 42.5 Å². The van der Waals surface area contributed by atoms with Gasteiger partial charge < -0.3 is 14.5 Å². The highest BCUT2D eigenvalue weighted by Crippen LogP contribution is 2.36. The second kappa shape index (κ2) is 8.22. The Hall–Kier alpha value is -3.67. The second-order valence-electron chi connectivity index (χ2n) is 7.55. The summed E-state index contributed by atoms with van der Waals surface area (Å²) in [6.07, 6.45) is 0.850. The van der Waals surface area contributed by atoms with Crippen LogP contribution in [-0.2, 0) is 15.9 Å². The molecule has 1 aliphatic carbocycles. The van der Waals surface area contributed by atoms with Crippen molar-refractivity contribution in [2.24, 2.45) is 0 Å². The van der Waals surface area contributed by atoms with Gasteiger partial charge in [0.1, 0.15) is 5.69 Å². The number of ketones is 1. The first-order valence-corrected chi connectivity index (χ1v) is 10.2. The molecule has 0 saturated heterocycles. The van der Waals surface area contributed by atoms with Crippen LogP contribution in [0.2, 0.25) is 0 Å². The van der Waals surface area contributed by atoms with Crippen molar-refractivity contribution in [2.45, 2.75) is 27.2 Å². The molecule has 0 bridgehead atoms. The number of hydrogen-bond donors (Lipinski definition) is 1. The number of aromatic nitrogens is 1. The SMILES string of the molecule is CCOC(=O)c1c(C)[nH]c(C(=O)OCC(=O)c2ccc3c(c2)-c2ccccc2C3)c1C. The van der Waals surface area contributed by atoms with Crippen LogP contribution in [-0.4, -0.2) is 35.9 Å². The normalized spacial score (nSPS) is 11.6. The molecule has 0 saturated carbocycles. The van der Waals surface area contributed by atoms with E-state index in [-0.39, 0.29) is 24.7 Å². The van der Waals surface area contributed by atoms with Crippen molar-refractivity contribution < 1.29 is 23.9 Å². The number of H-pyrrole nitrogens is 1. The molecule has 3 aromatic rings. The fraction of sp³-hybridized carbons (Fsp3) is 0.240. The van der Waals surface area contributed by atoms with Gasteiger partial charge in [0.15, 0.2) is 12.4 Å². The fourth-order valence-electron chi connectivity index (χ4n) is 4.05. The Bertz CT molecular complexity index is 1200. The maximum atomic E-state index is 12.7. The van der Waals surface area contributed by atoms with Crippen LogP contribution >= 0.6 is 0 Å². The second-order valence-corrected chi connectivity index (χ2v) is 7.55. The Morgan fingerprint density at radius 1 is 0.935 bits per heavy atom. The molecule has 158 valence electrons. The van der Waals surface area contributed by atoms with Gasteiger partial charge in [-0.25, -0.2) is 9.59 Å². The number of rotatable bonds is 6. The number of Topliss-reactive ketones (excluding diaryl/α,β-unsaturated/α-hetero) is 1. The van der Waals surface area contributed by atoms with Gasteiger partial charge in [0, 0.05) is 11.3 Å². The zero-order chi connectivity index (χ0) is 22.1. The summed E-state index contributed by atoms with van der Waals surface area (Å²) in [7, 11) is 0. The monoisotopic (exact) mass is 417 g/mol. The number of esters is 2. The Labute approximate surface area is 180 Å². The lowest BCUT2D eigenvalue weighted by Crippen LogP contribution is -2.15. The van der Waals surface area contributed by atoms with Crippen LogP contribution < -0.4 is 0 Å². The summed E-state index contributed by atoms with van der Waals surface area (Å²) in [5, 5.41) is 0. The molecule has 0 unspecified atom stereocenters. The van der Waals surface area contributed by atoms with Gasteiger partial charge in [-0.2, -0.15) is 0 Å². The van der Waals surface area contributed by atoms with Gasteiger partial charge >= 0.3 is 11.9 Å². The highest BCUT2D eigenvalue weighted by atomic mass is 16.5. The van der Waals surface area contributed by atoms with Gasteiger partial charge in [-0.1, -0.05) is 36.4 Å². The van der Waals surface area contributed by atoms with Crippen molar-refractivity contribution in [3.63, 3.8) is 0 Å². The number of aromatic amines is 1. The van der Waals surface area contributed by atoms with E-state index in [9.17, 15) is 14.4 Å². The summed E-state index contributed by atoms with van der Waals surface area (Å²) in [4.78, 5) is 40.2. The van der Waals surface area contributed by atoms with Gasteiger partial charge in [-0.3, -0.25) is 4.79 Å². The van der Waals surface area contributed by atoms with Crippen LogP contribution in [0.4, 0.5) is 0 Å². The summed E-state index contributed by atoms with van der Waals surface area (Å²) in [5.74, 6) is -1.47. The smallest absolute Gasteiger partial charge is 0.355 e. The molecule has 0 amide bonds. The minimum Gasteiger partial charge on any atom is -0.462 e. The van der Waals surface area contributed by atoms with Crippen molar-refractivity contribution in [3.05, 3.63) is 81.7 Å². The van der Waals surface area contributed by atoms with Crippen molar-refractivity contribution in [1.82, 2.24) is 4.98 Å². The minimum atomic E-state index is -0.684. The first-order chi connectivity index (χ1) is 14.9. The summed E-state index contributed by atoms with van der Waals surface area (Å²) >= 11 is 0. The highest BCUT2D eigenvalue weighted by Gasteiger charge is 2.25. The average Bonchev–Trinajstić information content (AvgIpc) is 3.28. The predicted molar refractivity (Wildman–Crippen MR) is 116 cm³/mol. The molecule has 31 heavy (non-hydrogen) atoms. The first-order valence-electron chi connectivity index (χ1n) is 10.2. The number of aryl methyl sites for hydroxylation is 1. The molecular weight excluding hydrogens is 394 g/mol. The number of carbonyl (C=O) groups is 3. The van der Waals surface area contributed by atoms with E-state index < -0.39 is 11.9 Å². The van der Waals surface area contributed by atoms with E-state index in [2.05, 4.69) is 11.1 Å². The van der Waals surface area contributed by atoms with Crippen LogP contribution in [0.5, 0.6) is 0 Å². The average molecular weight is 417 g/mol. The van der Waals surface area contributed by atoms with Crippen LogP contribution in [0, 0.1) is 13.8 Å². The van der Waals surface area contributed by atoms with E-state index in [1.165, 1.54) is 11.1 Å². The zero-order valence-corrected chi connectivity index (χ0v) is 17.7. The molecular formula is C25H23NO5. The molecule has 0 atom stereocenters. The molecule has 1 N–H and O–H groups in total. The number of hydrogen-bond acceptors (Lipinski definition) is 5. The Balaban J connectivity index is 1.48. The lowest BCUT2D eigenvalue weighted by Gasteiger charge is -2.07. The first kappa shape index (κ1) is 20.6. The third-order valence-electron chi connectivity index (χ3n) is 5.58. The van der Waals surface area contributed by atoms with E-state index in [1.807, 2.05) is 30.3 Å². The Kier molecular flexibility index (Phi) is 5.46.